The lowest BCUT2D eigenvalue weighted by atomic mass is 10.1. The van der Waals surface area contributed by atoms with Gasteiger partial charge in [0.2, 0.25) is 47.3 Å². The minimum absolute atomic E-state index is 0.00149. The Labute approximate surface area is 423 Å². The molecule has 1 aliphatic heterocycles. The molecule has 9 atom stereocenters. The molecule has 0 bridgehead atoms. The Hall–Kier alpha value is -7.32. The van der Waals surface area contributed by atoms with Gasteiger partial charge in [0.15, 0.2) is 11.9 Å². The van der Waals surface area contributed by atoms with Gasteiger partial charge < -0.3 is 96.2 Å². The Kier molecular flexibility index (Phi) is 27.0. The van der Waals surface area contributed by atoms with Crippen LogP contribution in [0.2, 0.25) is 0 Å². The van der Waals surface area contributed by atoms with E-state index in [2.05, 4.69) is 57.2 Å². The van der Waals surface area contributed by atoms with Crippen molar-refractivity contribution < 1.29 is 68.4 Å². The second-order valence-corrected chi connectivity index (χ2v) is 17.6. The summed E-state index contributed by atoms with van der Waals surface area (Å²) < 4.78 is 0. The smallest absolute Gasteiger partial charge is 0.326 e. The molecule has 22 N–H and O–H groups in total. The number of thioether (sulfide) groups is 1. The van der Waals surface area contributed by atoms with E-state index in [1.165, 1.54) is 36.1 Å². The van der Waals surface area contributed by atoms with E-state index >= 15 is 0 Å². The Balaban J connectivity index is 2.33. The van der Waals surface area contributed by atoms with Gasteiger partial charge in [-0.25, -0.2) is 9.78 Å². The normalized spacial score (nSPS) is 16.3. The molecule has 1 aromatic rings. The standard InChI is InChI=1S/C41H69N17O14S/c1-20(38(70)58-12-5-8-29(58)37(69)54-25(39(71)72)9-13-73-2)51-32(64)23(6-3-10-48-40(43)44)53-36(68)28(18-60)57-34(66)26(14-21-16-47-19-50-21)55-35(67)27(15-30(61)62)56-33(65)24(7-4-11-49-41(45)46)52-31(63)22(42)17-59/h16,19-20,22-29,59-60H,3-15,17-18,42H2,1-2H3,(H,47,50)(H,51,64)(H,52,63)(H,53,68)(H,54,69)(H,55,67)(H,56,65)(H,57,66)(H,61,62)(H,71,72)(H4,43,44,48)(H4,45,46,49)/t20-,22-,23-,24-,25-,26-,27-,28-,29-/m0/s1. The van der Waals surface area contributed by atoms with E-state index in [9.17, 15) is 68.4 Å². The topological polar surface area (TPSA) is 523 Å². The van der Waals surface area contributed by atoms with Crippen LogP contribution < -0.4 is 65.9 Å². The first-order valence-corrected chi connectivity index (χ1v) is 24.3. The van der Waals surface area contributed by atoms with Gasteiger partial charge in [-0.15, -0.1) is 0 Å². The van der Waals surface area contributed by atoms with Crippen LogP contribution in [0.3, 0.4) is 0 Å². The summed E-state index contributed by atoms with van der Waals surface area (Å²) >= 11 is 1.39. The van der Waals surface area contributed by atoms with Gasteiger partial charge >= 0.3 is 11.9 Å². The molecule has 0 radical (unpaired) electrons. The number of H-pyrrole nitrogens is 1. The molecule has 0 aliphatic carbocycles. The van der Waals surface area contributed by atoms with E-state index in [1.807, 2.05) is 0 Å². The van der Waals surface area contributed by atoms with Crippen LogP contribution in [-0.4, -0.2) is 206 Å². The number of nitrogens with two attached hydrogens (primary N) is 5. The van der Waals surface area contributed by atoms with Gasteiger partial charge in [-0.1, -0.05) is 0 Å². The fourth-order valence-electron chi connectivity index (χ4n) is 7.09. The van der Waals surface area contributed by atoms with Gasteiger partial charge in [0.1, 0.15) is 54.4 Å². The molecule has 31 nitrogen and oxygen atoms in total. The van der Waals surface area contributed by atoms with E-state index in [-0.39, 0.29) is 82.2 Å². The minimum Gasteiger partial charge on any atom is -0.481 e. The molecule has 2 rings (SSSR count). The van der Waals surface area contributed by atoms with Crippen molar-refractivity contribution in [3.8, 4) is 0 Å². The van der Waals surface area contributed by atoms with Crippen LogP contribution in [0.5, 0.6) is 0 Å². The molecular weight excluding hydrogens is 987 g/mol. The van der Waals surface area contributed by atoms with Gasteiger partial charge in [-0.3, -0.25) is 53.1 Å². The van der Waals surface area contributed by atoms with Crippen molar-refractivity contribution in [1.82, 2.24) is 52.1 Å². The number of amides is 8. The number of carboxylic acids is 2. The van der Waals surface area contributed by atoms with Crippen LogP contribution in [0.1, 0.15) is 64.0 Å². The molecular formula is C41H69N17O14S. The number of aliphatic hydroxyl groups excluding tert-OH is 2. The highest BCUT2D eigenvalue weighted by atomic mass is 32.2. The molecule has 8 amide bonds. The lowest BCUT2D eigenvalue weighted by molar-refractivity contribution is -0.145. The molecule has 408 valence electrons. The summed E-state index contributed by atoms with van der Waals surface area (Å²) in [6.45, 7) is -0.427. The zero-order valence-corrected chi connectivity index (χ0v) is 41.2. The first-order chi connectivity index (χ1) is 34.5. The highest BCUT2D eigenvalue weighted by molar-refractivity contribution is 7.98. The quantitative estimate of drug-likeness (QED) is 0.0177. The monoisotopic (exact) mass is 1060 g/mol. The molecule has 1 saturated heterocycles. The van der Waals surface area contributed by atoms with Crippen molar-refractivity contribution in [1.29, 1.82) is 0 Å². The summed E-state index contributed by atoms with van der Waals surface area (Å²) in [5.74, 6) is -10.7. The number of carboxylic acid groups (broad SMARTS) is 2. The number of rotatable bonds is 33. The Morgan fingerprint density at radius 3 is 1.77 bits per heavy atom. The molecule has 1 aromatic heterocycles. The number of imidazole rings is 1. The Morgan fingerprint density at radius 2 is 1.25 bits per heavy atom. The molecule has 1 aliphatic rings. The number of guanidine groups is 2. The molecule has 32 heteroatoms. The van der Waals surface area contributed by atoms with Crippen molar-refractivity contribution in [2.45, 2.75) is 119 Å². The summed E-state index contributed by atoms with van der Waals surface area (Å²) in [5.41, 5.74) is 27.4. The predicted octanol–water partition coefficient (Wildman–Crippen LogP) is -7.91. The van der Waals surface area contributed by atoms with E-state index in [4.69, 9.17) is 28.7 Å². The second kappa shape index (κ2) is 31.9. The maximum atomic E-state index is 13.9. The summed E-state index contributed by atoms with van der Waals surface area (Å²) in [6.07, 6.45) is 3.51. The van der Waals surface area contributed by atoms with E-state index in [0.29, 0.717) is 12.2 Å². The van der Waals surface area contributed by atoms with Crippen LogP contribution in [0, 0.1) is 0 Å². The number of aliphatic hydroxyl groups is 2. The van der Waals surface area contributed by atoms with Crippen molar-refractivity contribution in [2.75, 3.05) is 44.9 Å². The van der Waals surface area contributed by atoms with Crippen LogP contribution in [0.4, 0.5) is 0 Å². The van der Waals surface area contributed by atoms with E-state index < -0.39 is 133 Å². The van der Waals surface area contributed by atoms with Crippen molar-refractivity contribution >= 4 is 82.9 Å². The number of aliphatic imine (C=N–C) groups is 2. The number of carbonyl (C=O) groups is 10. The summed E-state index contributed by atoms with van der Waals surface area (Å²) in [5, 5.41) is 55.6. The first-order valence-electron chi connectivity index (χ1n) is 22.9. The number of aliphatic carboxylic acids is 2. The van der Waals surface area contributed by atoms with Crippen molar-refractivity contribution in [2.24, 2.45) is 38.7 Å². The van der Waals surface area contributed by atoms with Gasteiger partial charge in [0.05, 0.1) is 26.0 Å². The van der Waals surface area contributed by atoms with Crippen molar-refractivity contribution in [3.05, 3.63) is 18.2 Å². The summed E-state index contributed by atoms with van der Waals surface area (Å²) in [4.78, 5) is 147. The van der Waals surface area contributed by atoms with E-state index in [1.54, 1.807) is 6.26 Å². The highest BCUT2D eigenvalue weighted by Gasteiger charge is 2.39. The number of nitrogens with one attached hydrogen (secondary N) is 8. The van der Waals surface area contributed by atoms with Crippen LogP contribution in [-0.2, 0) is 54.4 Å². The SMILES string of the molecule is CSCC[C@H](NC(=O)[C@@H]1CCCN1C(=O)[C@H](C)NC(=O)[C@H](CCCN=C(N)N)NC(=O)[C@H](CO)NC(=O)[C@H](Cc1cnc[nH]1)NC(=O)[C@H](CC(=O)O)NC(=O)[C@H](CCCN=C(N)N)NC(=O)[C@@H](N)CO)C(=O)O. The Bertz CT molecular complexity index is 2110. The molecule has 0 spiro atoms. The number of aromatic amines is 1. The number of carbonyl (C=O) groups excluding carboxylic acids is 8. The molecule has 0 saturated carbocycles. The van der Waals surface area contributed by atoms with Crippen molar-refractivity contribution in [3.63, 3.8) is 0 Å². The number of nitrogens with zero attached hydrogens (tertiary/aromatic N) is 4. The number of hydrogen-bond acceptors (Lipinski definition) is 17. The number of likely N-dealkylation sites (tertiary alicyclic amines) is 1. The number of aromatic nitrogens is 2. The fourth-order valence-corrected chi connectivity index (χ4v) is 7.56. The summed E-state index contributed by atoms with van der Waals surface area (Å²) in [7, 11) is 0. The molecule has 0 aromatic carbocycles. The third-order valence-electron chi connectivity index (χ3n) is 10.9. The first kappa shape index (κ1) is 61.8. The summed E-state index contributed by atoms with van der Waals surface area (Å²) in [6, 6.07) is -13.3. The van der Waals surface area contributed by atoms with Gasteiger partial charge in [-0.05, 0) is 63.9 Å². The van der Waals surface area contributed by atoms with Crippen LogP contribution in [0.25, 0.3) is 0 Å². The Morgan fingerprint density at radius 1 is 0.726 bits per heavy atom. The maximum absolute atomic E-state index is 13.9. The molecule has 0 unspecified atom stereocenters. The van der Waals surface area contributed by atoms with Crippen LogP contribution in [0.15, 0.2) is 22.5 Å². The molecule has 1 fully saturated rings. The van der Waals surface area contributed by atoms with E-state index in [0.717, 1.165) is 0 Å². The zero-order chi connectivity index (χ0) is 54.8. The van der Waals surface area contributed by atoms with Gasteiger partial charge in [-0.2, -0.15) is 11.8 Å². The number of hydrogen-bond donors (Lipinski definition) is 17. The molecule has 73 heavy (non-hydrogen) atoms. The largest absolute Gasteiger partial charge is 0.481 e. The highest BCUT2D eigenvalue weighted by Crippen LogP contribution is 2.19. The average Bonchev–Trinajstić information content (AvgIpc) is 4.05. The third-order valence-corrected chi connectivity index (χ3v) is 11.6. The lowest BCUT2D eigenvalue weighted by Gasteiger charge is -2.29. The maximum Gasteiger partial charge on any atom is 0.326 e. The fraction of sp³-hybridized carbons (Fsp3) is 0.634. The second-order valence-electron chi connectivity index (χ2n) is 16.7. The predicted molar refractivity (Wildman–Crippen MR) is 261 cm³/mol. The van der Waals surface area contributed by atoms with Gasteiger partial charge in [0, 0.05) is 37.9 Å². The zero-order valence-electron chi connectivity index (χ0n) is 40.4. The van der Waals surface area contributed by atoms with Crippen LogP contribution >= 0.6 is 11.8 Å². The third kappa shape index (κ3) is 21.9. The lowest BCUT2D eigenvalue weighted by Crippen LogP contribution is -2.61. The molecule has 2 heterocycles. The van der Waals surface area contributed by atoms with Gasteiger partial charge in [0.25, 0.3) is 0 Å². The average molecular weight is 1060 g/mol. The minimum atomic E-state index is -1.90.